The van der Waals surface area contributed by atoms with Crippen molar-refractivity contribution in [2.45, 2.75) is 84.1 Å². The molecular formula is C34H40F3N3O4Si. The van der Waals surface area contributed by atoms with Crippen molar-refractivity contribution in [2.24, 2.45) is 0 Å². The first-order valence-corrected chi connectivity index (χ1v) is 17.7. The molecule has 0 N–H and O–H groups in total. The van der Waals surface area contributed by atoms with Crippen LogP contribution in [0, 0.1) is 6.92 Å². The summed E-state index contributed by atoms with van der Waals surface area (Å²) >= 11 is 0. The van der Waals surface area contributed by atoms with Gasteiger partial charge in [-0.1, -0.05) is 39.0 Å². The Bertz CT molecular complexity index is 1600. The lowest BCUT2D eigenvalue weighted by molar-refractivity contribution is -0.137. The number of oxazole rings is 1. The van der Waals surface area contributed by atoms with Gasteiger partial charge in [-0.3, -0.25) is 4.79 Å². The Morgan fingerprint density at radius 3 is 2.44 bits per heavy atom. The smallest absolute Gasteiger partial charge is 0.416 e. The van der Waals surface area contributed by atoms with Gasteiger partial charge in [0.2, 0.25) is 5.89 Å². The van der Waals surface area contributed by atoms with E-state index in [1.165, 1.54) is 18.4 Å². The highest BCUT2D eigenvalue weighted by molar-refractivity contribution is 6.74. The second-order valence-corrected chi connectivity index (χ2v) is 17.3. The van der Waals surface area contributed by atoms with E-state index in [9.17, 15) is 18.0 Å². The van der Waals surface area contributed by atoms with E-state index in [4.69, 9.17) is 13.6 Å². The maximum absolute atomic E-state index is 12.8. The van der Waals surface area contributed by atoms with E-state index < -0.39 is 20.1 Å². The van der Waals surface area contributed by atoms with Crippen LogP contribution >= 0.6 is 0 Å². The molecule has 0 saturated heterocycles. The van der Waals surface area contributed by atoms with Crippen LogP contribution in [-0.4, -0.2) is 29.1 Å². The Hall–Kier alpha value is -3.96. The predicted molar refractivity (Wildman–Crippen MR) is 170 cm³/mol. The summed E-state index contributed by atoms with van der Waals surface area (Å²) in [6.45, 7) is 14.1. The van der Waals surface area contributed by atoms with Gasteiger partial charge in [0.1, 0.15) is 24.3 Å². The zero-order chi connectivity index (χ0) is 32.8. The molecule has 4 rings (SSSR count). The third-order valence-electron chi connectivity index (χ3n) is 8.16. The quantitative estimate of drug-likeness (QED) is 0.107. The third kappa shape index (κ3) is 9.04. The maximum atomic E-state index is 12.8. The molecule has 0 aliphatic rings. The van der Waals surface area contributed by atoms with Crippen molar-refractivity contribution in [2.75, 3.05) is 0 Å². The van der Waals surface area contributed by atoms with E-state index in [-0.39, 0.29) is 17.7 Å². The molecule has 0 aliphatic carbocycles. The number of halogens is 3. The average molecular weight is 640 g/mol. The molecular weight excluding hydrogens is 599 g/mol. The van der Waals surface area contributed by atoms with Crippen molar-refractivity contribution in [3.8, 4) is 5.75 Å². The van der Waals surface area contributed by atoms with E-state index in [0.29, 0.717) is 35.3 Å². The topological polar surface area (TPSA) is 79.4 Å². The van der Waals surface area contributed by atoms with Crippen LogP contribution < -0.4 is 4.74 Å². The summed E-state index contributed by atoms with van der Waals surface area (Å²) in [4.78, 5) is 19.8. The molecule has 45 heavy (non-hydrogen) atoms. The number of aromatic nitrogens is 3. The van der Waals surface area contributed by atoms with Gasteiger partial charge >= 0.3 is 6.18 Å². The molecule has 4 aromatic rings. The van der Waals surface area contributed by atoms with E-state index in [1.54, 1.807) is 18.3 Å². The zero-order valence-electron chi connectivity index (χ0n) is 26.5. The molecule has 0 radical (unpaired) electrons. The van der Waals surface area contributed by atoms with Gasteiger partial charge in [-0.05, 0) is 84.9 Å². The summed E-state index contributed by atoms with van der Waals surface area (Å²) in [5, 5.41) is 0.0423. The van der Waals surface area contributed by atoms with Gasteiger partial charge < -0.3 is 18.1 Å². The fourth-order valence-corrected chi connectivity index (χ4v) is 5.87. The van der Waals surface area contributed by atoms with E-state index >= 15 is 0 Å². The van der Waals surface area contributed by atoms with Gasteiger partial charge in [0, 0.05) is 25.0 Å². The third-order valence-corrected chi connectivity index (χ3v) is 12.6. The molecule has 1 atom stereocenters. The molecule has 0 saturated carbocycles. The number of alkyl halides is 3. The molecule has 0 fully saturated rings. The molecule has 0 spiro atoms. The molecule has 2 heterocycles. The Morgan fingerprint density at radius 2 is 1.80 bits per heavy atom. The Kier molecular flexibility index (Phi) is 10.5. The van der Waals surface area contributed by atoms with Crippen molar-refractivity contribution in [1.82, 2.24) is 14.5 Å². The normalized spacial score (nSPS) is 13.4. The van der Waals surface area contributed by atoms with Gasteiger partial charge in [0.25, 0.3) is 0 Å². The highest BCUT2D eigenvalue weighted by atomic mass is 28.4. The SMILES string of the molecule is Cc1cc(OCc2coc(/C=C/c3ccc(C(F)(F)F)cc3)n2)ccc1C(CCCn1ccnc1C=O)O[Si](C)(C)C(C)(C)C. The van der Waals surface area contributed by atoms with E-state index in [1.807, 2.05) is 29.8 Å². The van der Waals surface area contributed by atoms with Crippen LogP contribution in [0.1, 0.15) is 84.2 Å². The van der Waals surface area contributed by atoms with Crippen molar-refractivity contribution < 1.29 is 31.5 Å². The fraction of sp³-hybridized carbons (Fsp3) is 0.382. The lowest BCUT2D eigenvalue weighted by Crippen LogP contribution is -2.42. The highest BCUT2D eigenvalue weighted by Gasteiger charge is 2.39. The van der Waals surface area contributed by atoms with Crippen LogP contribution in [0.25, 0.3) is 12.2 Å². The summed E-state index contributed by atoms with van der Waals surface area (Å²) in [6.07, 6.45) is 6.06. The molecule has 0 bridgehead atoms. The van der Waals surface area contributed by atoms with Gasteiger partial charge in [0.15, 0.2) is 20.4 Å². The minimum absolute atomic E-state index is 0.0423. The van der Waals surface area contributed by atoms with E-state index in [2.05, 4.69) is 49.9 Å². The Balaban J connectivity index is 1.40. The average Bonchev–Trinajstić information content (AvgIpc) is 3.63. The number of aldehydes is 1. The van der Waals surface area contributed by atoms with Crippen LogP contribution in [0.2, 0.25) is 18.1 Å². The standard InChI is InChI=1S/C34H40F3N3O4Si/c1-24-20-28(42-22-27-23-43-32(39-27)16-11-25-9-12-26(13-10-25)34(35,36)37)14-15-29(24)30(44-45(5,6)33(2,3)4)8-7-18-40-19-17-38-31(40)21-41/h9-17,19-21,23,30H,7-8,18,22H2,1-6H3/b16-11+. The van der Waals surface area contributed by atoms with Crippen LogP contribution in [0.3, 0.4) is 0 Å². The number of aryl methyl sites for hydroxylation is 2. The number of hydrogen-bond acceptors (Lipinski definition) is 6. The number of nitrogens with zero attached hydrogens (tertiary/aromatic N) is 3. The number of hydrogen-bond donors (Lipinski definition) is 0. The van der Waals surface area contributed by atoms with Gasteiger partial charge in [-0.2, -0.15) is 13.2 Å². The second-order valence-electron chi connectivity index (χ2n) is 12.5. The van der Waals surface area contributed by atoms with Crippen LogP contribution in [0.15, 0.2) is 65.5 Å². The molecule has 1 unspecified atom stereocenters. The fourth-order valence-electron chi connectivity index (χ4n) is 4.56. The van der Waals surface area contributed by atoms with Gasteiger partial charge in [-0.25, -0.2) is 9.97 Å². The number of rotatable bonds is 13. The Labute approximate surface area is 263 Å². The van der Waals surface area contributed by atoms with Crippen molar-refractivity contribution in [1.29, 1.82) is 0 Å². The van der Waals surface area contributed by atoms with Crippen molar-refractivity contribution >= 4 is 26.8 Å². The number of benzene rings is 2. The first-order chi connectivity index (χ1) is 21.2. The maximum Gasteiger partial charge on any atom is 0.416 e. The molecule has 7 nitrogen and oxygen atoms in total. The first-order valence-electron chi connectivity index (χ1n) is 14.8. The van der Waals surface area contributed by atoms with E-state index in [0.717, 1.165) is 42.4 Å². The number of carbonyl (C=O) groups excluding carboxylic acids is 1. The number of carbonyl (C=O) groups is 1. The summed E-state index contributed by atoms with van der Waals surface area (Å²) in [6, 6.07) is 10.8. The highest BCUT2D eigenvalue weighted by Crippen LogP contribution is 2.41. The molecule has 11 heteroatoms. The molecule has 240 valence electrons. The van der Waals surface area contributed by atoms with Crippen LogP contribution in [0.4, 0.5) is 13.2 Å². The van der Waals surface area contributed by atoms with Crippen LogP contribution in [-0.2, 0) is 23.8 Å². The minimum Gasteiger partial charge on any atom is -0.487 e. The second kappa shape index (κ2) is 14.0. The first kappa shape index (κ1) is 33.9. The van der Waals surface area contributed by atoms with Gasteiger partial charge in [-0.15, -0.1) is 0 Å². The lowest BCUT2D eigenvalue weighted by atomic mass is 9.99. The largest absolute Gasteiger partial charge is 0.487 e. The number of imidazole rings is 1. The Morgan fingerprint density at radius 1 is 1.07 bits per heavy atom. The van der Waals surface area contributed by atoms with Crippen molar-refractivity contribution in [3.05, 3.63) is 101 Å². The monoisotopic (exact) mass is 639 g/mol. The molecule has 0 amide bonds. The predicted octanol–water partition coefficient (Wildman–Crippen LogP) is 9.30. The molecule has 2 aromatic heterocycles. The summed E-state index contributed by atoms with van der Waals surface area (Å²) in [5.41, 5.74) is 2.63. The summed E-state index contributed by atoms with van der Waals surface area (Å²) in [7, 11) is -2.09. The van der Waals surface area contributed by atoms with Crippen molar-refractivity contribution in [3.63, 3.8) is 0 Å². The minimum atomic E-state index is -4.37. The summed E-state index contributed by atoms with van der Waals surface area (Å²) < 4.78 is 58.6. The zero-order valence-corrected chi connectivity index (χ0v) is 27.5. The molecule has 2 aromatic carbocycles. The molecule has 0 aliphatic heterocycles. The van der Waals surface area contributed by atoms with Crippen LogP contribution in [0.5, 0.6) is 5.75 Å². The lowest BCUT2D eigenvalue weighted by Gasteiger charge is -2.40. The summed E-state index contributed by atoms with van der Waals surface area (Å²) in [5.74, 6) is 1.42. The number of ether oxygens (including phenoxy) is 1. The van der Waals surface area contributed by atoms with Gasteiger partial charge in [0.05, 0.1) is 11.7 Å².